The van der Waals surface area contributed by atoms with E-state index in [1.54, 1.807) is 6.08 Å². The lowest BCUT2D eigenvalue weighted by atomic mass is 10.0. The molecule has 0 radical (unpaired) electrons. The molecule has 2 atom stereocenters. The molecule has 6 heteroatoms. The first-order valence-corrected chi connectivity index (χ1v) is 37.4. The van der Waals surface area contributed by atoms with Gasteiger partial charge in [0, 0.05) is 12.8 Å². The van der Waals surface area contributed by atoms with Crippen molar-refractivity contribution in [2.45, 2.75) is 418 Å². The van der Waals surface area contributed by atoms with Crippen molar-refractivity contribution in [1.82, 2.24) is 5.32 Å². The van der Waals surface area contributed by atoms with Gasteiger partial charge in [0.1, 0.15) is 0 Å². The maximum Gasteiger partial charge on any atom is 0.305 e. The minimum Gasteiger partial charge on any atom is -0.466 e. The number of rotatable bonds is 70. The normalized spacial score (nSPS) is 12.8. The number of nitrogens with one attached hydrogen (secondary N) is 1. The van der Waals surface area contributed by atoms with Gasteiger partial charge in [-0.05, 0) is 83.5 Å². The van der Waals surface area contributed by atoms with Gasteiger partial charge in [0.15, 0.2) is 0 Å². The zero-order valence-electron chi connectivity index (χ0n) is 55.9. The van der Waals surface area contributed by atoms with E-state index in [1.165, 1.54) is 327 Å². The topological polar surface area (TPSA) is 95.9 Å². The van der Waals surface area contributed by atoms with Crippen LogP contribution in [0.25, 0.3) is 0 Å². The Morgan fingerprint density at radius 2 is 0.627 bits per heavy atom. The molecule has 0 aromatic carbocycles. The number of carbonyl (C=O) groups excluding carboxylic acids is 2. The Kier molecular flexibility index (Phi) is 70.4. The molecule has 488 valence electrons. The third-order valence-corrected chi connectivity index (χ3v) is 17.3. The van der Waals surface area contributed by atoms with Gasteiger partial charge >= 0.3 is 5.97 Å². The van der Waals surface area contributed by atoms with E-state index < -0.39 is 12.1 Å². The van der Waals surface area contributed by atoms with Gasteiger partial charge in [0.05, 0.1) is 25.4 Å². The van der Waals surface area contributed by atoms with Crippen molar-refractivity contribution in [2.75, 3.05) is 13.2 Å². The summed E-state index contributed by atoms with van der Waals surface area (Å²) in [7, 11) is 0. The number of aliphatic hydroxyl groups excluding tert-OH is 2. The summed E-state index contributed by atoms with van der Waals surface area (Å²) in [5.74, 6) is -0.0635. The zero-order chi connectivity index (χ0) is 59.9. The molecule has 0 fully saturated rings. The number of unbranched alkanes of at least 4 members (excludes halogenated alkanes) is 53. The predicted molar refractivity (Wildman–Crippen MR) is 366 cm³/mol. The molecule has 6 nitrogen and oxygen atoms in total. The number of allylic oxidation sites excluding steroid dienone is 7. The van der Waals surface area contributed by atoms with Crippen LogP contribution in [0.5, 0.6) is 0 Å². The molecule has 0 aliphatic heterocycles. The first kappa shape index (κ1) is 80.8. The summed E-state index contributed by atoms with van der Waals surface area (Å²) < 4.78 is 5.48. The maximum atomic E-state index is 12.5. The lowest BCUT2D eigenvalue weighted by Gasteiger charge is -2.20. The first-order valence-electron chi connectivity index (χ1n) is 37.4. The van der Waals surface area contributed by atoms with Crippen molar-refractivity contribution in [2.24, 2.45) is 0 Å². The van der Waals surface area contributed by atoms with Crippen LogP contribution in [-0.2, 0) is 14.3 Å². The molecule has 0 rings (SSSR count). The molecule has 3 N–H and O–H groups in total. The smallest absolute Gasteiger partial charge is 0.305 e. The van der Waals surface area contributed by atoms with E-state index in [9.17, 15) is 19.8 Å². The number of aliphatic hydroxyl groups is 2. The predicted octanol–water partition coefficient (Wildman–Crippen LogP) is 24.4. The zero-order valence-corrected chi connectivity index (χ0v) is 55.9. The van der Waals surface area contributed by atoms with E-state index in [0.29, 0.717) is 19.4 Å². The van der Waals surface area contributed by atoms with Gasteiger partial charge in [-0.3, -0.25) is 9.59 Å². The molecule has 0 saturated heterocycles. The van der Waals surface area contributed by atoms with Crippen LogP contribution in [0.2, 0.25) is 0 Å². The lowest BCUT2D eigenvalue weighted by Crippen LogP contribution is -2.45. The van der Waals surface area contributed by atoms with Crippen molar-refractivity contribution in [3.63, 3.8) is 0 Å². The van der Waals surface area contributed by atoms with E-state index in [1.807, 2.05) is 6.08 Å². The third kappa shape index (κ3) is 68.8. The Bertz CT molecular complexity index is 1390. The van der Waals surface area contributed by atoms with Crippen molar-refractivity contribution in [3.05, 3.63) is 48.6 Å². The second-order valence-corrected chi connectivity index (χ2v) is 25.6. The summed E-state index contributed by atoms with van der Waals surface area (Å²) in [5, 5.41) is 23.3. The number of ether oxygens (including phenoxy) is 1. The van der Waals surface area contributed by atoms with Crippen molar-refractivity contribution in [3.8, 4) is 0 Å². The highest BCUT2D eigenvalue weighted by molar-refractivity contribution is 5.76. The van der Waals surface area contributed by atoms with Gasteiger partial charge in [-0.1, -0.05) is 358 Å². The summed E-state index contributed by atoms with van der Waals surface area (Å²) in [5.41, 5.74) is 0. The van der Waals surface area contributed by atoms with Crippen molar-refractivity contribution >= 4 is 11.9 Å². The molecule has 0 saturated carbocycles. The molecule has 2 unspecified atom stereocenters. The fourth-order valence-electron chi connectivity index (χ4n) is 11.6. The Morgan fingerprint density at radius 1 is 0.337 bits per heavy atom. The van der Waals surface area contributed by atoms with Crippen molar-refractivity contribution in [1.29, 1.82) is 0 Å². The minimum atomic E-state index is -0.847. The molecule has 0 aliphatic carbocycles. The highest BCUT2D eigenvalue weighted by atomic mass is 16.5. The van der Waals surface area contributed by atoms with E-state index in [0.717, 1.165) is 51.4 Å². The highest BCUT2D eigenvalue weighted by Crippen LogP contribution is 2.19. The van der Waals surface area contributed by atoms with Crippen LogP contribution in [0.4, 0.5) is 0 Å². The summed E-state index contributed by atoms with van der Waals surface area (Å²) in [6.07, 6.45) is 95.0. The molecule has 0 aromatic rings. The van der Waals surface area contributed by atoms with Gasteiger partial charge in [-0.2, -0.15) is 0 Å². The van der Waals surface area contributed by atoms with E-state index in [2.05, 4.69) is 55.6 Å². The van der Waals surface area contributed by atoms with Gasteiger partial charge in [-0.25, -0.2) is 0 Å². The first-order chi connectivity index (χ1) is 41.0. The van der Waals surface area contributed by atoms with Crippen LogP contribution in [0.3, 0.4) is 0 Å². The number of hydrogen-bond acceptors (Lipinski definition) is 5. The van der Waals surface area contributed by atoms with Gasteiger partial charge in [-0.15, -0.1) is 0 Å². The summed E-state index contributed by atoms with van der Waals surface area (Å²) >= 11 is 0. The lowest BCUT2D eigenvalue weighted by molar-refractivity contribution is -0.143. The SMILES string of the molecule is CCC/C=C\C/C=C\CCCCCCCC(=O)OCCCCCCCCCCCCCC/C=C\CCCCCCCCCCCCCCC(=O)NC(CO)C(O)/C=C/CCCCCCCCCCCCCCCCCCCCCCCCC. The Balaban J connectivity index is 3.41. The monoisotopic (exact) mass is 1160 g/mol. The number of esters is 1. The fraction of sp³-hybridized carbons (Fsp3) is 0.870. The van der Waals surface area contributed by atoms with Gasteiger partial charge in [0.2, 0.25) is 5.91 Å². The Morgan fingerprint density at radius 3 is 0.976 bits per heavy atom. The van der Waals surface area contributed by atoms with Gasteiger partial charge < -0.3 is 20.3 Å². The molecule has 0 heterocycles. The molecule has 0 bridgehead atoms. The quantitative estimate of drug-likeness (QED) is 0.0320. The second-order valence-electron chi connectivity index (χ2n) is 25.6. The average molecular weight is 1170 g/mol. The van der Waals surface area contributed by atoms with Crippen LogP contribution in [0, 0.1) is 0 Å². The highest BCUT2D eigenvalue weighted by Gasteiger charge is 2.18. The molecule has 0 spiro atoms. The van der Waals surface area contributed by atoms with Crippen LogP contribution >= 0.6 is 0 Å². The molecule has 0 aromatic heterocycles. The van der Waals surface area contributed by atoms with Crippen LogP contribution < -0.4 is 5.32 Å². The van der Waals surface area contributed by atoms with E-state index in [4.69, 9.17) is 4.74 Å². The standard InChI is InChI=1S/C77H145NO5/c1-3-5-7-9-11-13-15-17-18-19-20-21-22-27-30-33-36-39-42-46-49-53-57-61-65-69-75(80)74(73-79)78-76(81)70-66-62-58-54-50-47-43-40-37-34-31-28-25-23-24-26-29-32-35-38-41-44-48-52-56-60-64-68-72-83-77(82)71-67-63-59-55-51-45-16-14-12-10-8-6-4-2/h8,10,14,16,23-24,65,69,74-75,79-80H,3-7,9,11-13,15,17-22,25-64,66-68,70-73H2,1-2H3,(H,78,81)/b10-8-,16-14-,24-23-,69-65+. The molecule has 1 amide bonds. The van der Waals surface area contributed by atoms with Gasteiger partial charge in [0.25, 0.3) is 0 Å². The Labute approximate surface area is 518 Å². The fourth-order valence-corrected chi connectivity index (χ4v) is 11.6. The van der Waals surface area contributed by atoms with E-state index in [-0.39, 0.29) is 18.5 Å². The number of hydrogen-bond donors (Lipinski definition) is 3. The van der Waals surface area contributed by atoms with Crippen LogP contribution in [0.1, 0.15) is 406 Å². The van der Waals surface area contributed by atoms with E-state index >= 15 is 0 Å². The largest absolute Gasteiger partial charge is 0.466 e. The summed E-state index contributed by atoms with van der Waals surface area (Å²) in [4.78, 5) is 24.6. The molecular formula is C77H145NO5. The summed E-state index contributed by atoms with van der Waals surface area (Å²) in [6.45, 7) is 4.87. The molecule has 83 heavy (non-hydrogen) atoms. The Hall–Kier alpha value is -2.18. The third-order valence-electron chi connectivity index (χ3n) is 17.3. The molecular weight excluding hydrogens is 1020 g/mol. The van der Waals surface area contributed by atoms with Crippen LogP contribution in [-0.4, -0.2) is 47.4 Å². The van der Waals surface area contributed by atoms with Crippen LogP contribution in [0.15, 0.2) is 48.6 Å². The average Bonchev–Trinajstić information content (AvgIpc) is 3.48. The number of carbonyl (C=O) groups is 2. The molecule has 0 aliphatic rings. The van der Waals surface area contributed by atoms with Crippen molar-refractivity contribution < 1.29 is 24.5 Å². The number of amides is 1. The maximum absolute atomic E-state index is 12.5. The second kappa shape index (κ2) is 72.3. The minimum absolute atomic E-state index is 0.000352. The summed E-state index contributed by atoms with van der Waals surface area (Å²) in [6, 6.07) is -0.630.